The second-order valence-electron chi connectivity index (χ2n) is 40.3. The van der Waals surface area contributed by atoms with Crippen LogP contribution >= 0.6 is 0 Å². The van der Waals surface area contributed by atoms with Crippen molar-refractivity contribution in [2.75, 3.05) is 0 Å². The van der Waals surface area contributed by atoms with Gasteiger partial charge in [-0.1, -0.05) is 24.3 Å². The third kappa shape index (κ3) is 17.4. The molecule has 10 aliphatic rings. The predicted octanol–water partition coefficient (Wildman–Crippen LogP) is -0.169. The van der Waals surface area contributed by atoms with Gasteiger partial charge in [0.1, 0.15) is 46.0 Å². The van der Waals surface area contributed by atoms with Gasteiger partial charge in [-0.05, 0) is 239 Å². The van der Waals surface area contributed by atoms with E-state index in [0.717, 1.165) is 44.5 Å². The summed E-state index contributed by atoms with van der Waals surface area (Å²) < 4.78 is 28.3. The Balaban J connectivity index is 0.0000122. The minimum absolute atomic E-state index is 0. The number of benzene rings is 8. The first-order chi connectivity index (χ1) is 67.5. The zero-order valence-electron chi connectivity index (χ0n) is 77.8. The van der Waals surface area contributed by atoms with E-state index in [1.165, 1.54) is 0 Å². The maximum atomic E-state index is 7.09. The second-order valence-corrected chi connectivity index (χ2v) is 40.3. The fourth-order valence-electron chi connectivity index (χ4n) is 23.9. The average molecular weight is 1770 g/mol. The van der Waals surface area contributed by atoms with Gasteiger partial charge >= 0.3 is 19.5 Å². The molecule has 3 aromatic heterocycles. The van der Waals surface area contributed by atoms with Crippen LogP contribution in [0.1, 0.15) is 44.5 Å². The molecule has 0 amide bonds. The Morgan fingerprint density at radius 2 is 0.404 bits per heavy atom. The molecule has 141 heavy (non-hydrogen) atoms. The standard InChI is InChI=1S/C80H48B48N8O4.Zn/c81-105-65-73(113-89,121(65)97)25-33-9-34(26-74(114-90)66(106-82)122(74)98)14-45(13-33)137-41-1-5-49-53(21-41)61-130-57(49)129-58-50-6-2-43(139-47-17-37(29-77(117-93)69(109-85)125(77)101)11-38(18-47)30-78(118-94)70(110-86)126(78)102)23-55(50)63(131-58)136-64-56-24-44(140-48-19-39(31-79(119-95)71(111-87)127(79)103)12-40(20-48)32-80(120-96)72(112-88)128(80)104)4-8-52(56)60(135-64)134-62-54-22-42(3-7-51(54)59(132-61)133-62)138-46-15-35(27-75(115-91)67(107-83)123(75)99)10-36(16-46)28-76(116-92)68(108-84)124(76)100;/h1-24,65-72H,25-32H2;/q-2;+2/i105+0,106+0,107+0,108+0,109+0,110+0,111+0,112+0,113+0,114+0,115+0,116+0,117+0,118+0,119+0,120+0,121+0,122+0,123+0,124+0,125+0,126+0,127+0,128+0;. The molecule has 8 bridgehead atoms. The molecular formula is C80H48B48N8O4Zn. The van der Waals surface area contributed by atoms with Gasteiger partial charge in [0.05, 0.1) is 133 Å². The Morgan fingerprint density at radius 1 is 0.220 bits per heavy atom. The summed E-state index contributed by atoms with van der Waals surface area (Å²) in [6.07, 6.45) is 3.53. The van der Waals surface area contributed by atoms with Gasteiger partial charge in [-0.2, -0.15) is 0 Å². The fraction of sp³-hybridized carbons (Fsp3) is 0.300. The van der Waals surface area contributed by atoms with Crippen molar-refractivity contribution in [3.8, 4) is 91.5 Å². The maximum Gasteiger partial charge on any atom is 2.00 e. The van der Waals surface area contributed by atoms with Gasteiger partial charge < -0.3 is 48.9 Å². The van der Waals surface area contributed by atoms with Gasteiger partial charge in [-0.25, -0.2) is 9.97 Å². The third-order valence-corrected chi connectivity index (χ3v) is 33.0. The van der Waals surface area contributed by atoms with Crippen molar-refractivity contribution in [2.45, 2.75) is 139 Å². The number of aromatic nitrogens is 8. The number of hydrogen-bond donors (Lipinski definition) is 0. The van der Waals surface area contributed by atoms with Gasteiger partial charge in [-0.15, -0.1) is 87.4 Å². The van der Waals surface area contributed by atoms with Crippen LogP contribution in [0.3, 0.4) is 0 Å². The average Bonchev–Trinajstić information content (AvgIpc) is 1.56. The molecule has 578 valence electrons. The van der Waals surface area contributed by atoms with Crippen molar-refractivity contribution in [2.24, 2.45) is 0 Å². The van der Waals surface area contributed by atoms with Gasteiger partial charge in [0, 0.05) is 288 Å². The predicted molar refractivity (Wildman–Crippen MR) is 617 cm³/mol. The summed E-state index contributed by atoms with van der Waals surface area (Å²) in [4.78, 5) is 43.5. The molecule has 10 aliphatic heterocycles. The summed E-state index contributed by atoms with van der Waals surface area (Å²) in [5.74, 6) is 4.40. The van der Waals surface area contributed by atoms with E-state index >= 15 is 0 Å². The van der Waals surface area contributed by atoms with Crippen molar-refractivity contribution in [1.82, 2.24) is 39.9 Å². The first kappa shape index (κ1) is 102. The molecule has 64 radical (unpaired) electrons. The summed E-state index contributed by atoms with van der Waals surface area (Å²) in [7, 11) is 181. The van der Waals surface area contributed by atoms with Crippen molar-refractivity contribution in [3.05, 3.63) is 190 Å². The summed E-state index contributed by atoms with van der Waals surface area (Å²) in [6.45, 7) is -2.57. The van der Waals surface area contributed by atoms with Gasteiger partial charge in [0.15, 0.2) is 0 Å². The number of hydrogen-bond acceptors (Lipinski definition) is 10. The number of ether oxygens (including phenoxy) is 4. The summed E-state index contributed by atoms with van der Waals surface area (Å²) in [6, 6.07) is 46.5. The zero-order valence-corrected chi connectivity index (χ0v) is 80.7. The van der Waals surface area contributed by atoms with E-state index < -0.39 is 41.7 Å². The van der Waals surface area contributed by atoms with Gasteiger partial charge in [0.25, 0.3) is 0 Å². The van der Waals surface area contributed by atoms with Crippen molar-refractivity contribution < 1.29 is 38.4 Å². The molecule has 0 N–H and O–H groups in total. The molecule has 0 aliphatic carbocycles. The summed E-state index contributed by atoms with van der Waals surface area (Å²) >= 11 is 0. The van der Waals surface area contributed by atoms with E-state index in [-0.39, 0.29) is 164 Å². The molecule has 0 spiro atoms. The molecule has 8 saturated heterocycles. The molecule has 21 rings (SSSR count). The molecule has 12 nitrogen and oxygen atoms in total. The molecule has 61 heteroatoms. The van der Waals surface area contributed by atoms with Crippen LogP contribution < -0.4 is 28.9 Å². The van der Waals surface area contributed by atoms with Crippen LogP contribution in [0.15, 0.2) is 146 Å². The normalized spacial score (nSPS) is 27.1. The molecule has 0 saturated carbocycles. The Hall–Kier alpha value is -5.94. The van der Waals surface area contributed by atoms with Crippen LogP contribution in [0, 0.1) is 0 Å². The molecule has 8 aromatic carbocycles. The number of fused-ring (bicyclic) bond motifs is 20. The third-order valence-electron chi connectivity index (χ3n) is 33.0. The maximum absolute atomic E-state index is 7.09. The summed E-state index contributed by atoms with van der Waals surface area (Å²) in [5.41, 5.74) is 8.62. The smallest absolute Gasteiger partial charge is 0.457 e. The van der Waals surface area contributed by atoms with Crippen LogP contribution in [0.2, 0.25) is 87.4 Å². The Kier molecular flexibility index (Phi) is 28.4. The van der Waals surface area contributed by atoms with E-state index in [4.69, 9.17) is 245 Å². The second kappa shape index (κ2) is 39.2. The van der Waals surface area contributed by atoms with Crippen molar-refractivity contribution >= 4 is 397 Å². The Labute approximate surface area is 888 Å². The zero-order chi connectivity index (χ0) is 98.1. The van der Waals surface area contributed by atoms with Crippen molar-refractivity contribution in [1.29, 1.82) is 0 Å². The molecular weight excluding hydrogens is 1730 g/mol. The van der Waals surface area contributed by atoms with Gasteiger partial charge in [-0.3, -0.25) is 0 Å². The van der Waals surface area contributed by atoms with E-state index in [9.17, 15) is 0 Å². The molecule has 16 unspecified atom stereocenters. The minimum atomic E-state index is -0.630. The molecule has 8 fully saturated rings. The Morgan fingerprint density at radius 3 is 0.596 bits per heavy atom. The SMILES string of the molecule is [B][11B]C1[11B]([B])C1([11B][B])Cc1cc(CC2([11B][B])[11B]([B])C2[11B][B])cc(Oc2ccc3c(c2)-c2nc-3nc3[n-]c(nc4nc(nc5[n-]c(n2)c2ccc(Oc6cc(CC7([11B][B])[11B]([B])C7[11B][B])cc(CC7([11B][B])[11B]([B])C7[11B][B])c6)cc52)-c2ccc(Oc5cc(CC6([11B][B])[11B]([B])C6[11B][B])cc(CC6([11B][B])[11B]([B])C6[11B][B])c5)cc2-4)c2cc(Oc4cc(CC5([11B][B])[11B]([B])C5[11B][B])cc(CC5([11B][B])[11B]([B])C5[11B][B])c4)ccc32)c1.[Zn+2]. The Bertz CT molecular complexity index is 6730. The minimum Gasteiger partial charge on any atom is -0.457 e. The van der Waals surface area contributed by atoms with Crippen LogP contribution in [-0.2, 0) is 70.8 Å². The number of rotatable bonds is 40. The first-order valence-corrected chi connectivity index (χ1v) is 47.0. The largest absolute Gasteiger partial charge is 2.00 e. The number of nitrogens with zero attached hydrogens (tertiary/aromatic N) is 8. The van der Waals surface area contributed by atoms with E-state index in [2.05, 4.69) is 24.3 Å². The van der Waals surface area contributed by atoms with Crippen LogP contribution in [-0.4, -0.2) is 383 Å². The fourth-order valence-corrected chi connectivity index (χ4v) is 23.9. The monoisotopic (exact) mass is 1780 g/mol. The molecule has 11 aromatic rings. The van der Waals surface area contributed by atoms with E-state index in [1.807, 2.05) is 121 Å². The molecule has 13 heterocycles. The van der Waals surface area contributed by atoms with Crippen LogP contribution in [0.5, 0.6) is 46.0 Å². The quantitative estimate of drug-likeness (QED) is 0.0472. The van der Waals surface area contributed by atoms with Crippen molar-refractivity contribution in [3.63, 3.8) is 0 Å². The summed E-state index contributed by atoms with van der Waals surface area (Å²) in [5, 5.41) is -2.88. The van der Waals surface area contributed by atoms with E-state index in [0.29, 0.717) is 141 Å². The van der Waals surface area contributed by atoms with E-state index in [1.54, 1.807) is 115 Å². The van der Waals surface area contributed by atoms with Crippen LogP contribution in [0.25, 0.3) is 89.7 Å². The van der Waals surface area contributed by atoms with Crippen LogP contribution in [0.4, 0.5) is 0 Å². The van der Waals surface area contributed by atoms with Gasteiger partial charge in [0.2, 0.25) is 0 Å². The molecule has 16 atom stereocenters. The topological polar surface area (TPSA) is 142 Å². The first-order valence-electron chi connectivity index (χ1n) is 47.0.